The molecule has 0 aliphatic heterocycles. The molecule has 2 atom stereocenters. The van der Waals surface area contributed by atoms with Gasteiger partial charge in [-0.25, -0.2) is 4.79 Å². The second kappa shape index (κ2) is 3.86. The van der Waals surface area contributed by atoms with Crippen molar-refractivity contribution in [2.24, 2.45) is 11.3 Å². The maximum atomic E-state index is 10.5. The maximum absolute atomic E-state index is 10.5. The fraction of sp³-hybridized carbons (Fsp3) is 0.750. The molecule has 1 saturated carbocycles. The van der Waals surface area contributed by atoms with Crippen LogP contribution in [0.15, 0.2) is 0 Å². The normalized spacial score (nSPS) is 34.0. The molecule has 2 unspecified atom stereocenters. The lowest BCUT2D eigenvalue weighted by Gasteiger charge is -2.47. The van der Waals surface area contributed by atoms with Crippen molar-refractivity contribution in [3.05, 3.63) is 0 Å². The fourth-order valence-corrected chi connectivity index (χ4v) is 2.36. The Balaban J connectivity index is 3.05. The first-order valence-corrected chi connectivity index (χ1v) is 5.28. The molecule has 0 radical (unpaired) electrons. The van der Waals surface area contributed by atoms with E-state index in [0.717, 1.165) is 19.3 Å². The number of hydrogen-bond donors (Lipinski definition) is 2. The van der Waals surface area contributed by atoms with Crippen LogP contribution in [0.25, 0.3) is 0 Å². The van der Waals surface area contributed by atoms with Crippen molar-refractivity contribution in [2.75, 3.05) is 0 Å². The Morgan fingerprint density at radius 3 is 2.53 bits per heavy atom. The van der Waals surface area contributed by atoms with Gasteiger partial charge >= 0.3 is 5.97 Å². The van der Waals surface area contributed by atoms with Gasteiger partial charge in [-0.05, 0) is 18.8 Å². The van der Waals surface area contributed by atoms with Crippen LogP contribution in [-0.4, -0.2) is 21.8 Å². The van der Waals surface area contributed by atoms with Crippen molar-refractivity contribution in [3.63, 3.8) is 0 Å². The summed E-state index contributed by atoms with van der Waals surface area (Å²) in [5.41, 5.74) is -1.52. The predicted molar refractivity (Wildman–Crippen MR) is 57.2 cm³/mol. The van der Waals surface area contributed by atoms with Crippen molar-refractivity contribution in [3.8, 4) is 11.8 Å². The van der Waals surface area contributed by atoms with Crippen LogP contribution in [0.4, 0.5) is 0 Å². The van der Waals surface area contributed by atoms with E-state index in [1.165, 1.54) is 0 Å². The number of hydrogen-bond acceptors (Lipinski definition) is 2. The molecular weight excluding hydrogens is 192 g/mol. The summed E-state index contributed by atoms with van der Waals surface area (Å²) < 4.78 is 0. The third kappa shape index (κ3) is 2.15. The van der Waals surface area contributed by atoms with Gasteiger partial charge in [0.15, 0.2) is 0 Å². The lowest BCUT2D eigenvalue weighted by atomic mass is 9.61. The summed E-state index contributed by atoms with van der Waals surface area (Å²) in [7, 11) is 0. The molecular formula is C12H18O3. The van der Waals surface area contributed by atoms with Crippen LogP contribution in [0.2, 0.25) is 0 Å². The van der Waals surface area contributed by atoms with Crippen molar-refractivity contribution >= 4 is 5.97 Å². The summed E-state index contributed by atoms with van der Waals surface area (Å²) in [4.78, 5) is 10.4. The summed E-state index contributed by atoms with van der Waals surface area (Å²) in [6, 6.07) is 0. The zero-order chi connectivity index (χ0) is 11.7. The molecule has 0 aromatic heterocycles. The molecule has 1 aliphatic rings. The van der Waals surface area contributed by atoms with E-state index in [9.17, 15) is 9.90 Å². The Labute approximate surface area is 90.5 Å². The third-order valence-corrected chi connectivity index (χ3v) is 3.54. The highest BCUT2D eigenvalue weighted by molar-refractivity contribution is 5.86. The minimum absolute atomic E-state index is 0.0214. The number of aliphatic hydroxyl groups is 1. The zero-order valence-corrected chi connectivity index (χ0v) is 9.50. The van der Waals surface area contributed by atoms with Crippen molar-refractivity contribution in [1.82, 2.24) is 0 Å². The van der Waals surface area contributed by atoms with Gasteiger partial charge in [-0.15, -0.1) is 0 Å². The van der Waals surface area contributed by atoms with E-state index in [-0.39, 0.29) is 11.3 Å². The molecule has 0 aromatic rings. The Kier molecular flexibility index (Phi) is 3.11. The highest BCUT2D eigenvalue weighted by Gasteiger charge is 2.48. The van der Waals surface area contributed by atoms with Crippen LogP contribution >= 0.6 is 0 Å². The number of aliphatic carboxylic acids is 1. The summed E-state index contributed by atoms with van der Waals surface area (Å²) >= 11 is 0. The third-order valence-electron chi connectivity index (χ3n) is 3.54. The number of carbonyl (C=O) groups is 1. The first-order chi connectivity index (χ1) is 6.79. The van der Waals surface area contributed by atoms with Crippen molar-refractivity contribution in [2.45, 2.75) is 45.6 Å². The summed E-state index contributed by atoms with van der Waals surface area (Å²) in [5, 5.41) is 19.0. The van der Waals surface area contributed by atoms with Gasteiger partial charge < -0.3 is 10.2 Å². The fourth-order valence-electron chi connectivity index (χ4n) is 2.36. The molecule has 1 fully saturated rings. The molecule has 3 heteroatoms. The van der Waals surface area contributed by atoms with Gasteiger partial charge in [0.25, 0.3) is 0 Å². The van der Waals surface area contributed by atoms with Gasteiger partial charge in [0.05, 0.1) is 0 Å². The molecule has 0 amide bonds. The van der Waals surface area contributed by atoms with Crippen LogP contribution in [-0.2, 0) is 4.79 Å². The molecule has 0 heterocycles. The average Bonchev–Trinajstić information content (AvgIpc) is 2.11. The predicted octanol–water partition coefficient (Wildman–Crippen LogP) is 1.65. The lowest BCUT2D eigenvalue weighted by molar-refractivity contribution is -0.130. The van der Waals surface area contributed by atoms with E-state index in [0.29, 0.717) is 0 Å². The largest absolute Gasteiger partial charge is 0.472 e. The molecule has 15 heavy (non-hydrogen) atoms. The number of rotatable bonds is 0. The van der Waals surface area contributed by atoms with Crippen LogP contribution < -0.4 is 0 Å². The van der Waals surface area contributed by atoms with E-state index in [1.54, 1.807) is 0 Å². The van der Waals surface area contributed by atoms with E-state index >= 15 is 0 Å². The summed E-state index contributed by atoms with van der Waals surface area (Å²) in [5.74, 6) is 3.44. The minimum Gasteiger partial charge on any atom is -0.472 e. The van der Waals surface area contributed by atoms with E-state index < -0.39 is 11.6 Å². The lowest BCUT2D eigenvalue weighted by Crippen LogP contribution is -2.51. The maximum Gasteiger partial charge on any atom is 0.382 e. The monoisotopic (exact) mass is 210 g/mol. The SMILES string of the molecule is CC1CCCC(C)(C)C1(O)C#CC(=O)O. The second-order valence-corrected chi connectivity index (χ2v) is 5.00. The average molecular weight is 210 g/mol. The van der Waals surface area contributed by atoms with E-state index in [4.69, 9.17) is 5.11 Å². The van der Waals surface area contributed by atoms with Crippen LogP contribution in [0, 0.1) is 23.2 Å². The molecule has 84 valence electrons. The van der Waals surface area contributed by atoms with Crippen LogP contribution in [0.1, 0.15) is 40.0 Å². The van der Waals surface area contributed by atoms with Gasteiger partial charge in [-0.2, -0.15) is 0 Å². The molecule has 0 saturated heterocycles. The van der Waals surface area contributed by atoms with Crippen LogP contribution in [0.3, 0.4) is 0 Å². The molecule has 1 rings (SSSR count). The molecule has 1 aliphatic carbocycles. The quantitative estimate of drug-likeness (QED) is 0.598. The Morgan fingerprint density at radius 1 is 1.47 bits per heavy atom. The standard InChI is InChI=1S/C12H18O3/c1-9-5-4-7-11(2,3)12(9,15)8-6-10(13)14/h9,15H,4-5,7H2,1-3H3,(H,13,14). The Morgan fingerprint density at radius 2 is 2.07 bits per heavy atom. The van der Waals surface area contributed by atoms with Crippen molar-refractivity contribution in [1.29, 1.82) is 0 Å². The number of carboxylic acids is 1. The Bertz CT molecular complexity index is 321. The molecule has 2 N–H and O–H groups in total. The van der Waals surface area contributed by atoms with Crippen LogP contribution in [0.5, 0.6) is 0 Å². The number of carboxylic acid groups (broad SMARTS) is 1. The molecule has 0 aromatic carbocycles. The molecule has 3 nitrogen and oxygen atoms in total. The topological polar surface area (TPSA) is 57.5 Å². The van der Waals surface area contributed by atoms with E-state index in [1.807, 2.05) is 20.8 Å². The Hall–Kier alpha value is -1.01. The summed E-state index contributed by atoms with van der Waals surface area (Å²) in [6.07, 6.45) is 2.83. The summed E-state index contributed by atoms with van der Waals surface area (Å²) in [6.45, 7) is 5.82. The van der Waals surface area contributed by atoms with Gasteiger partial charge in [-0.1, -0.05) is 33.1 Å². The van der Waals surface area contributed by atoms with E-state index in [2.05, 4.69) is 11.8 Å². The minimum atomic E-state index is -1.18. The first kappa shape index (κ1) is 12.1. The van der Waals surface area contributed by atoms with Gasteiger partial charge in [0.2, 0.25) is 0 Å². The second-order valence-electron chi connectivity index (χ2n) is 5.00. The highest BCUT2D eigenvalue weighted by atomic mass is 16.4. The van der Waals surface area contributed by atoms with Gasteiger partial charge in [0.1, 0.15) is 5.60 Å². The van der Waals surface area contributed by atoms with Gasteiger partial charge in [-0.3, -0.25) is 0 Å². The zero-order valence-electron chi connectivity index (χ0n) is 9.50. The van der Waals surface area contributed by atoms with Gasteiger partial charge in [0, 0.05) is 11.3 Å². The molecule has 0 bridgehead atoms. The highest BCUT2D eigenvalue weighted by Crippen LogP contribution is 2.46. The smallest absolute Gasteiger partial charge is 0.382 e. The first-order valence-electron chi connectivity index (χ1n) is 5.28. The van der Waals surface area contributed by atoms with Crippen molar-refractivity contribution < 1.29 is 15.0 Å². The molecule has 0 spiro atoms.